The van der Waals surface area contributed by atoms with Gasteiger partial charge in [-0.3, -0.25) is 0 Å². The van der Waals surface area contributed by atoms with E-state index in [9.17, 15) is 0 Å². The lowest BCUT2D eigenvalue weighted by Gasteiger charge is -2.22. The summed E-state index contributed by atoms with van der Waals surface area (Å²) in [4.78, 5) is 6.74. The molecule has 1 saturated heterocycles. The fourth-order valence-corrected chi connectivity index (χ4v) is 2.14. The van der Waals surface area contributed by atoms with Crippen LogP contribution in [-0.2, 0) is 5.88 Å². The second kappa shape index (κ2) is 4.18. The maximum absolute atomic E-state index is 5.80. The van der Waals surface area contributed by atoms with Crippen LogP contribution < -0.4 is 4.90 Å². The number of halogens is 1. The van der Waals surface area contributed by atoms with E-state index in [4.69, 9.17) is 11.6 Å². The number of aromatic nitrogens is 1. The van der Waals surface area contributed by atoms with Crippen LogP contribution in [0.1, 0.15) is 25.3 Å². The molecule has 1 atom stereocenters. The van der Waals surface area contributed by atoms with Gasteiger partial charge in [-0.25, -0.2) is 4.98 Å². The average Bonchev–Trinajstić information content (AvgIpc) is 2.65. The first-order chi connectivity index (χ1) is 6.81. The zero-order valence-electron chi connectivity index (χ0n) is 8.41. The molecule has 3 heteroatoms. The van der Waals surface area contributed by atoms with E-state index in [-0.39, 0.29) is 0 Å². The lowest BCUT2D eigenvalue weighted by molar-refractivity contribution is 0.727. The number of pyridine rings is 1. The monoisotopic (exact) mass is 210 g/mol. The standard InChI is InChI=1S/C11H15ClN2/c1-9-3-2-6-14(9)11-7-10(8-12)4-5-13-11/h4-5,7,9H,2-3,6,8H2,1H3. The molecule has 1 fully saturated rings. The number of anilines is 1. The van der Waals surface area contributed by atoms with Crippen LogP contribution in [0.3, 0.4) is 0 Å². The second-order valence-corrected chi connectivity index (χ2v) is 4.11. The molecule has 0 spiro atoms. The van der Waals surface area contributed by atoms with Gasteiger partial charge in [0.15, 0.2) is 0 Å². The Bertz CT molecular complexity index is 314. The summed E-state index contributed by atoms with van der Waals surface area (Å²) in [5, 5.41) is 0. The molecular weight excluding hydrogens is 196 g/mol. The molecule has 0 aromatic carbocycles. The van der Waals surface area contributed by atoms with Crippen molar-refractivity contribution in [1.82, 2.24) is 4.98 Å². The number of nitrogens with zero attached hydrogens (tertiary/aromatic N) is 2. The third kappa shape index (κ3) is 1.85. The molecule has 1 unspecified atom stereocenters. The van der Waals surface area contributed by atoms with Crippen molar-refractivity contribution in [3.8, 4) is 0 Å². The molecule has 2 nitrogen and oxygen atoms in total. The van der Waals surface area contributed by atoms with E-state index in [2.05, 4.69) is 22.9 Å². The first-order valence-electron chi connectivity index (χ1n) is 5.09. The summed E-state index contributed by atoms with van der Waals surface area (Å²) < 4.78 is 0. The van der Waals surface area contributed by atoms with Crippen LogP contribution >= 0.6 is 11.6 Å². The molecule has 1 aliphatic heterocycles. The first-order valence-corrected chi connectivity index (χ1v) is 5.62. The van der Waals surface area contributed by atoms with Gasteiger partial charge in [0.1, 0.15) is 5.82 Å². The summed E-state index contributed by atoms with van der Waals surface area (Å²) in [6, 6.07) is 4.68. The number of alkyl halides is 1. The van der Waals surface area contributed by atoms with Crippen LogP contribution in [0, 0.1) is 0 Å². The minimum Gasteiger partial charge on any atom is -0.354 e. The highest BCUT2D eigenvalue weighted by atomic mass is 35.5. The van der Waals surface area contributed by atoms with Crippen LogP contribution in [-0.4, -0.2) is 17.6 Å². The number of hydrogen-bond acceptors (Lipinski definition) is 2. The molecule has 0 saturated carbocycles. The Morgan fingerprint density at radius 1 is 1.64 bits per heavy atom. The van der Waals surface area contributed by atoms with Crippen LogP contribution in [0.2, 0.25) is 0 Å². The summed E-state index contributed by atoms with van der Waals surface area (Å²) in [5.74, 6) is 1.64. The van der Waals surface area contributed by atoms with Gasteiger partial charge in [-0.05, 0) is 37.5 Å². The van der Waals surface area contributed by atoms with Crippen molar-refractivity contribution in [1.29, 1.82) is 0 Å². The molecule has 76 valence electrons. The van der Waals surface area contributed by atoms with Gasteiger partial charge in [-0.15, -0.1) is 11.6 Å². The Morgan fingerprint density at radius 3 is 3.14 bits per heavy atom. The van der Waals surface area contributed by atoms with Gasteiger partial charge in [0.05, 0.1) is 0 Å². The molecule has 1 aromatic rings. The summed E-state index contributed by atoms with van der Waals surface area (Å²) in [5.41, 5.74) is 1.15. The minimum absolute atomic E-state index is 0.567. The van der Waals surface area contributed by atoms with Gasteiger partial charge < -0.3 is 4.90 Å². The Hall–Kier alpha value is -0.760. The highest BCUT2D eigenvalue weighted by Gasteiger charge is 2.21. The third-order valence-electron chi connectivity index (χ3n) is 2.81. The highest BCUT2D eigenvalue weighted by molar-refractivity contribution is 6.17. The van der Waals surface area contributed by atoms with Crippen molar-refractivity contribution in [2.24, 2.45) is 0 Å². The molecule has 0 radical (unpaired) electrons. The van der Waals surface area contributed by atoms with E-state index < -0.39 is 0 Å². The third-order valence-corrected chi connectivity index (χ3v) is 3.12. The van der Waals surface area contributed by atoms with Crippen LogP contribution in [0.4, 0.5) is 5.82 Å². The van der Waals surface area contributed by atoms with Crippen LogP contribution in [0.25, 0.3) is 0 Å². The topological polar surface area (TPSA) is 16.1 Å². The molecule has 1 aromatic heterocycles. The van der Waals surface area contributed by atoms with Crippen LogP contribution in [0.15, 0.2) is 18.3 Å². The molecule has 2 heterocycles. The quantitative estimate of drug-likeness (QED) is 0.698. The maximum Gasteiger partial charge on any atom is 0.129 e. The molecule has 0 amide bonds. The molecule has 1 aliphatic rings. The van der Waals surface area contributed by atoms with Gasteiger partial charge in [-0.2, -0.15) is 0 Å². The van der Waals surface area contributed by atoms with Gasteiger partial charge in [0.2, 0.25) is 0 Å². The summed E-state index contributed by atoms with van der Waals surface area (Å²) >= 11 is 5.80. The largest absolute Gasteiger partial charge is 0.354 e. The molecule has 0 N–H and O–H groups in total. The Labute approximate surface area is 89.9 Å². The van der Waals surface area contributed by atoms with Crippen molar-refractivity contribution in [3.63, 3.8) is 0 Å². The zero-order valence-corrected chi connectivity index (χ0v) is 9.17. The Morgan fingerprint density at radius 2 is 2.50 bits per heavy atom. The summed E-state index contributed by atoms with van der Waals surface area (Å²) in [7, 11) is 0. The predicted octanol–water partition coefficient (Wildman–Crippen LogP) is 2.81. The van der Waals surface area contributed by atoms with E-state index in [0.29, 0.717) is 11.9 Å². The fourth-order valence-electron chi connectivity index (χ4n) is 1.97. The molecular formula is C11H15ClN2. The van der Waals surface area contributed by atoms with Gasteiger partial charge >= 0.3 is 0 Å². The van der Waals surface area contributed by atoms with Crippen molar-refractivity contribution in [2.45, 2.75) is 31.7 Å². The Balaban J connectivity index is 2.22. The normalized spacial score (nSPS) is 21.6. The van der Waals surface area contributed by atoms with E-state index in [1.165, 1.54) is 12.8 Å². The van der Waals surface area contributed by atoms with Crippen molar-refractivity contribution in [2.75, 3.05) is 11.4 Å². The lowest BCUT2D eigenvalue weighted by atomic mass is 10.2. The van der Waals surface area contributed by atoms with Crippen molar-refractivity contribution < 1.29 is 0 Å². The van der Waals surface area contributed by atoms with E-state index in [0.717, 1.165) is 17.9 Å². The molecule has 2 rings (SSSR count). The highest BCUT2D eigenvalue weighted by Crippen LogP contribution is 2.24. The average molecular weight is 211 g/mol. The molecule has 0 bridgehead atoms. The van der Waals surface area contributed by atoms with E-state index >= 15 is 0 Å². The summed E-state index contributed by atoms with van der Waals surface area (Å²) in [6.45, 7) is 3.38. The van der Waals surface area contributed by atoms with Crippen LogP contribution in [0.5, 0.6) is 0 Å². The minimum atomic E-state index is 0.567. The van der Waals surface area contributed by atoms with Gasteiger partial charge in [0, 0.05) is 24.7 Å². The maximum atomic E-state index is 5.80. The second-order valence-electron chi connectivity index (χ2n) is 3.84. The van der Waals surface area contributed by atoms with Crippen molar-refractivity contribution in [3.05, 3.63) is 23.9 Å². The van der Waals surface area contributed by atoms with E-state index in [1.54, 1.807) is 0 Å². The lowest BCUT2D eigenvalue weighted by Crippen LogP contribution is -2.27. The van der Waals surface area contributed by atoms with E-state index in [1.807, 2.05) is 12.3 Å². The zero-order chi connectivity index (χ0) is 9.97. The van der Waals surface area contributed by atoms with Gasteiger partial charge in [0.25, 0.3) is 0 Å². The summed E-state index contributed by atoms with van der Waals surface area (Å²) in [6.07, 6.45) is 4.39. The van der Waals surface area contributed by atoms with Crippen molar-refractivity contribution >= 4 is 17.4 Å². The smallest absolute Gasteiger partial charge is 0.129 e. The fraction of sp³-hybridized carbons (Fsp3) is 0.545. The van der Waals surface area contributed by atoms with Gasteiger partial charge in [-0.1, -0.05) is 0 Å². The molecule has 0 aliphatic carbocycles. The Kier molecular flexibility index (Phi) is 2.92. The molecule has 14 heavy (non-hydrogen) atoms. The predicted molar refractivity (Wildman–Crippen MR) is 59.8 cm³/mol. The SMILES string of the molecule is CC1CCCN1c1cc(CCl)ccn1. The first kappa shape index (κ1) is 9.78. The number of rotatable bonds is 2. The number of hydrogen-bond donors (Lipinski definition) is 0.